The van der Waals surface area contributed by atoms with Gasteiger partial charge in [0.2, 0.25) is 10.6 Å². The minimum atomic E-state index is 0.121. The lowest BCUT2D eigenvalue weighted by atomic mass is 10.5. The van der Waals surface area contributed by atoms with Crippen LogP contribution in [-0.2, 0) is 0 Å². The highest BCUT2D eigenvalue weighted by Crippen LogP contribution is 2.16. The van der Waals surface area contributed by atoms with Crippen molar-refractivity contribution < 1.29 is 0 Å². The molecule has 2 N–H and O–H groups in total. The summed E-state index contributed by atoms with van der Waals surface area (Å²) in [4.78, 5) is 11.4. The van der Waals surface area contributed by atoms with Gasteiger partial charge in [0.05, 0.1) is 0 Å². The van der Waals surface area contributed by atoms with Gasteiger partial charge in [-0.3, -0.25) is 0 Å². The van der Waals surface area contributed by atoms with E-state index in [1.807, 2.05) is 0 Å². The zero-order chi connectivity index (χ0) is 9.68. The third-order valence-electron chi connectivity index (χ3n) is 1.14. The van der Waals surface area contributed by atoms with Gasteiger partial charge in [-0.25, -0.2) is 0 Å². The van der Waals surface area contributed by atoms with Gasteiger partial charge in [-0.15, -0.1) is 0 Å². The summed E-state index contributed by atoms with van der Waals surface area (Å²) in [6, 6.07) is 0. The van der Waals surface area contributed by atoms with Crippen molar-refractivity contribution in [2.24, 2.45) is 5.73 Å². The molecule has 0 aliphatic carbocycles. The number of aromatic nitrogens is 3. The van der Waals surface area contributed by atoms with Gasteiger partial charge in [-0.05, 0) is 36.2 Å². The molecule has 0 fully saturated rings. The topological polar surface area (TPSA) is 64.7 Å². The van der Waals surface area contributed by atoms with Crippen LogP contribution in [0.25, 0.3) is 0 Å². The summed E-state index contributed by atoms with van der Waals surface area (Å²) >= 11 is 12.6. The largest absolute Gasteiger partial charge is 0.330 e. The molecule has 1 aromatic heterocycles. The molecule has 0 unspecified atom stereocenters. The maximum atomic E-state index is 5.58. The maximum Gasteiger partial charge on any atom is 0.227 e. The van der Waals surface area contributed by atoms with Crippen molar-refractivity contribution in [3.8, 4) is 0 Å². The van der Waals surface area contributed by atoms with Gasteiger partial charge in [0.15, 0.2) is 5.16 Å². The van der Waals surface area contributed by atoms with Crippen LogP contribution in [-0.4, -0.2) is 27.2 Å². The molecule has 4 nitrogen and oxygen atoms in total. The van der Waals surface area contributed by atoms with Crippen LogP contribution in [0.1, 0.15) is 6.42 Å². The molecule has 1 heterocycles. The van der Waals surface area contributed by atoms with Crippen LogP contribution in [0, 0.1) is 0 Å². The minimum Gasteiger partial charge on any atom is -0.330 e. The highest BCUT2D eigenvalue weighted by Gasteiger charge is 2.02. The van der Waals surface area contributed by atoms with E-state index in [2.05, 4.69) is 15.0 Å². The lowest BCUT2D eigenvalue weighted by Gasteiger charge is -1.98. The highest BCUT2D eigenvalue weighted by atomic mass is 35.5. The van der Waals surface area contributed by atoms with Gasteiger partial charge >= 0.3 is 0 Å². The molecule has 0 bridgehead atoms. The van der Waals surface area contributed by atoms with E-state index in [-0.39, 0.29) is 10.6 Å². The van der Waals surface area contributed by atoms with Crippen LogP contribution in [0.2, 0.25) is 10.6 Å². The van der Waals surface area contributed by atoms with E-state index in [0.29, 0.717) is 11.7 Å². The zero-order valence-corrected chi connectivity index (χ0v) is 9.03. The van der Waals surface area contributed by atoms with Crippen molar-refractivity contribution in [3.63, 3.8) is 0 Å². The molecule has 0 saturated carbocycles. The van der Waals surface area contributed by atoms with E-state index in [0.717, 1.165) is 12.2 Å². The minimum absolute atomic E-state index is 0.121. The predicted molar refractivity (Wildman–Crippen MR) is 54.2 cm³/mol. The fraction of sp³-hybridized carbons (Fsp3) is 0.500. The Hall–Kier alpha value is -0.100. The van der Waals surface area contributed by atoms with Gasteiger partial charge in [0, 0.05) is 5.75 Å². The average Bonchev–Trinajstić information content (AvgIpc) is 2.03. The second-order valence-corrected chi connectivity index (χ2v) is 3.88. The van der Waals surface area contributed by atoms with E-state index in [9.17, 15) is 0 Å². The molecule has 72 valence electrons. The second kappa shape index (κ2) is 5.59. The molecule has 13 heavy (non-hydrogen) atoms. The van der Waals surface area contributed by atoms with Gasteiger partial charge in [0.1, 0.15) is 0 Å². The number of hydrogen-bond acceptors (Lipinski definition) is 5. The van der Waals surface area contributed by atoms with Crippen molar-refractivity contribution in [2.75, 3.05) is 12.3 Å². The second-order valence-electron chi connectivity index (χ2n) is 2.15. The molecule has 0 saturated heterocycles. The SMILES string of the molecule is NCCCSc1nc(Cl)nc(Cl)n1. The molecule has 0 aliphatic heterocycles. The molecule has 7 heteroatoms. The van der Waals surface area contributed by atoms with Crippen molar-refractivity contribution in [1.29, 1.82) is 0 Å². The Labute approximate surface area is 90.3 Å². The van der Waals surface area contributed by atoms with E-state index in [1.54, 1.807) is 0 Å². The summed E-state index contributed by atoms with van der Waals surface area (Å²) in [5.41, 5.74) is 5.33. The van der Waals surface area contributed by atoms with Crippen molar-refractivity contribution in [2.45, 2.75) is 11.6 Å². The quantitative estimate of drug-likeness (QED) is 0.638. The molecule has 0 aliphatic rings. The van der Waals surface area contributed by atoms with Crippen LogP contribution >= 0.6 is 35.0 Å². The average molecular weight is 239 g/mol. The van der Waals surface area contributed by atoms with Crippen molar-refractivity contribution in [3.05, 3.63) is 10.6 Å². The number of thioether (sulfide) groups is 1. The number of nitrogens with two attached hydrogens (primary N) is 1. The summed E-state index contributed by atoms with van der Waals surface area (Å²) in [5.74, 6) is 0.854. The fourth-order valence-electron chi connectivity index (χ4n) is 0.620. The number of hydrogen-bond donors (Lipinski definition) is 1. The Kier molecular flexibility index (Phi) is 4.72. The number of nitrogens with zero attached hydrogens (tertiary/aromatic N) is 3. The third kappa shape index (κ3) is 4.08. The first-order valence-corrected chi connectivity index (χ1v) is 5.36. The standard InChI is InChI=1S/C6H8Cl2N4S/c7-4-10-5(8)12-6(11-4)13-3-1-2-9/h1-3,9H2. The van der Waals surface area contributed by atoms with E-state index in [1.165, 1.54) is 11.8 Å². The van der Waals surface area contributed by atoms with Crippen LogP contribution < -0.4 is 5.73 Å². The molecule has 1 rings (SSSR count). The number of halogens is 2. The first-order chi connectivity index (χ1) is 6.22. The molecule has 0 spiro atoms. The molecule has 0 aromatic carbocycles. The lowest BCUT2D eigenvalue weighted by Crippen LogP contribution is -2.00. The lowest BCUT2D eigenvalue weighted by molar-refractivity contribution is 0.893. The van der Waals surface area contributed by atoms with Gasteiger partial charge in [0.25, 0.3) is 0 Å². The first kappa shape index (κ1) is 11.0. The zero-order valence-electron chi connectivity index (χ0n) is 6.70. The maximum absolute atomic E-state index is 5.58. The normalized spacial score (nSPS) is 10.4. The Morgan fingerprint density at radius 1 is 1.15 bits per heavy atom. The Morgan fingerprint density at radius 3 is 2.31 bits per heavy atom. The first-order valence-electron chi connectivity index (χ1n) is 3.62. The van der Waals surface area contributed by atoms with Crippen LogP contribution in [0.15, 0.2) is 5.16 Å². The molecule has 0 radical (unpaired) electrons. The Bertz CT molecular complexity index is 263. The smallest absolute Gasteiger partial charge is 0.227 e. The van der Waals surface area contributed by atoms with Gasteiger partial charge in [-0.2, -0.15) is 15.0 Å². The van der Waals surface area contributed by atoms with Crippen molar-refractivity contribution >= 4 is 35.0 Å². The van der Waals surface area contributed by atoms with Gasteiger partial charge < -0.3 is 5.73 Å². The molecule has 1 aromatic rings. The molecule has 0 atom stereocenters. The Morgan fingerprint density at radius 2 is 1.77 bits per heavy atom. The van der Waals surface area contributed by atoms with Crippen LogP contribution in [0.3, 0.4) is 0 Å². The van der Waals surface area contributed by atoms with Gasteiger partial charge in [-0.1, -0.05) is 11.8 Å². The molecule has 0 amide bonds. The van der Waals surface area contributed by atoms with Crippen molar-refractivity contribution in [1.82, 2.24) is 15.0 Å². The van der Waals surface area contributed by atoms with E-state index >= 15 is 0 Å². The third-order valence-corrected chi connectivity index (χ3v) is 2.41. The number of rotatable bonds is 4. The highest BCUT2D eigenvalue weighted by molar-refractivity contribution is 7.99. The fourth-order valence-corrected chi connectivity index (χ4v) is 1.88. The molecular weight excluding hydrogens is 231 g/mol. The Balaban J connectivity index is 2.56. The van der Waals surface area contributed by atoms with E-state index < -0.39 is 0 Å². The summed E-state index contributed by atoms with van der Waals surface area (Å²) in [7, 11) is 0. The predicted octanol–water partition coefficient (Wildman–Crippen LogP) is 1.62. The van der Waals surface area contributed by atoms with E-state index in [4.69, 9.17) is 28.9 Å². The molecular formula is C6H8Cl2N4S. The summed E-state index contributed by atoms with van der Waals surface area (Å²) in [6.45, 7) is 0.652. The summed E-state index contributed by atoms with van der Waals surface area (Å²) < 4.78 is 0. The van der Waals surface area contributed by atoms with Crippen LogP contribution in [0.4, 0.5) is 0 Å². The van der Waals surface area contributed by atoms with Crippen LogP contribution in [0.5, 0.6) is 0 Å². The monoisotopic (exact) mass is 238 g/mol. The summed E-state index contributed by atoms with van der Waals surface area (Å²) in [6.07, 6.45) is 0.908. The summed E-state index contributed by atoms with van der Waals surface area (Å²) in [5, 5.41) is 0.781.